The van der Waals surface area contributed by atoms with Gasteiger partial charge in [-0.25, -0.2) is 0 Å². The molecule has 1 aliphatic carbocycles. The van der Waals surface area contributed by atoms with Crippen molar-refractivity contribution in [2.75, 3.05) is 19.6 Å². The number of carbonyl (C=O) groups excluding carboxylic acids is 2. The van der Waals surface area contributed by atoms with E-state index in [4.69, 9.17) is 0 Å². The molecule has 2 fully saturated rings. The topological polar surface area (TPSA) is 53.5 Å². The molecule has 0 bridgehead atoms. The van der Waals surface area contributed by atoms with Gasteiger partial charge in [-0.3, -0.25) is 14.6 Å². The Labute approximate surface area is 156 Å². The molecule has 1 saturated carbocycles. The van der Waals surface area contributed by atoms with Crippen molar-refractivity contribution in [2.24, 2.45) is 5.92 Å². The zero-order valence-electron chi connectivity index (χ0n) is 15.9. The van der Waals surface area contributed by atoms with Gasteiger partial charge in [-0.2, -0.15) is 0 Å². The standard InChI is InChI=1S/C21H31N3O2/c1-2-23(16-13-18-11-6-7-14-22-18)21(26)19-12-8-15-24(19)20(25)17-9-4-3-5-10-17/h6-7,11,14,17,19H,2-5,8-10,12-13,15-16H2,1H3/t19-/m0/s1. The molecule has 1 saturated heterocycles. The lowest BCUT2D eigenvalue weighted by molar-refractivity contribution is -0.146. The summed E-state index contributed by atoms with van der Waals surface area (Å²) < 4.78 is 0. The van der Waals surface area contributed by atoms with Crippen molar-refractivity contribution in [3.8, 4) is 0 Å². The predicted octanol–water partition coefficient (Wildman–Crippen LogP) is 3.04. The average molecular weight is 357 g/mol. The van der Waals surface area contributed by atoms with Gasteiger partial charge in [0.05, 0.1) is 0 Å². The van der Waals surface area contributed by atoms with Crippen LogP contribution in [0.1, 0.15) is 57.6 Å². The molecule has 1 aliphatic heterocycles. The highest BCUT2D eigenvalue weighted by Gasteiger charge is 2.38. The normalized spacial score (nSPS) is 21.0. The predicted molar refractivity (Wildman–Crippen MR) is 102 cm³/mol. The van der Waals surface area contributed by atoms with Crippen molar-refractivity contribution in [1.82, 2.24) is 14.8 Å². The van der Waals surface area contributed by atoms with Gasteiger partial charge in [-0.1, -0.05) is 25.3 Å². The van der Waals surface area contributed by atoms with E-state index in [9.17, 15) is 9.59 Å². The number of hydrogen-bond donors (Lipinski definition) is 0. The van der Waals surface area contributed by atoms with Gasteiger partial charge in [0.15, 0.2) is 0 Å². The Morgan fingerprint density at radius 2 is 1.96 bits per heavy atom. The van der Waals surface area contributed by atoms with Crippen LogP contribution < -0.4 is 0 Å². The van der Waals surface area contributed by atoms with E-state index in [2.05, 4.69) is 4.98 Å². The Morgan fingerprint density at radius 1 is 1.15 bits per heavy atom. The van der Waals surface area contributed by atoms with Gasteiger partial charge in [0, 0.05) is 43.9 Å². The minimum Gasteiger partial charge on any atom is -0.341 e. The maximum atomic E-state index is 13.1. The van der Waals surface area contributed by atoms with Crippen molar-refractivity contribution in [3.63, 3.8) is 0 Å². The van der Waals surface area contributed by atoms with Crippen LogP contribution in [-0.2, 0) is 16.0 Å². The van der Waals surface area contributed by atoms with Crippen LogP contribution in [0.5, 0.6) is 0 Å². The summed E-state index contributed by atoms with van der Waals surface area (Å²) in [6.07, 6.45) is 9.80. The van der Waals surface area contributed by atoms with Crippen molar-refractivity contribution in [2.45, 2.75) is 64.3 Å². The van der Waals surface area contributed by atoms with Crippen LogP contribution in [0.15, 0.2) is 24.4 Å². The highest BCUT2D eigenvalue weighted by molar-refractivity contribution is 5.89. The first-order chi connectivity index (χ1) is 12.7. The highest BCUT2D eigenvalue weighted by Crippen LogP contribution is 2.29. The molecule has 0 aromatic carbocycles. The van der Waals surface area contributed by atoms with E-state index >= 15 is 0 Å². The van der Waals surface area contributed by atoms with Crippen LogP contribution in [0.3, 0.4) is 0 Å². The number of carbonyl (C=O) groups is 2. The van der Waals surface area contributed by atoms with Crippen LogP contribution in [0.4, 0.5) is 0 Å². The van der Waals surface area contributed by atoms with Crippen LogP contribution >= 0.6 is 0 Å². The maximum absolute atomic E-state index is 13.1. The fourth-order valence-electron chi connectivity index (χ4n) is 4.30. The van der Waals surface area contributed by atoms with Gasteiger partial charge in [-0.05, 0) is 44.7 Å². The van der Waals surface area contributed by atoms with Gasteiger partial charge in [0.1, 0.15) is 6.04 Å². The lowest BCUT2D eigenvalue weighted by atomic mass is 9.88. The van der Waals surface area contributed by atoms with E-state index in [-0.39, 0.29) is 23.8 Å². The molecule has 5 nitrogen and oxygen atoms in total. The second-order valence-corrected chi connectivity index (χ2v) is 7.51. The second kappa shape index (κ2) is 9.15. The Hall–Kier alpha value is -1.91. The van der Waals surface area contributed by atoms with E-state index in [0.29, 0.717) is 13.1 Å². The van der Waals surface area contributed by atoms with Crippen LogP contribution in [0.25, 0.3) is 0 Å². The molecule has 0 N–H and O–H groups in total. The number of amides is 2. The molecule has 2 aliphatic rings. The molecule has 1 aromatic heterocycles. The lowest BCUT2D eigenvalue weighted by Gasteiger charge is -2.33. The molecule has 26 heavy (non-hydrogen) atoms. The van der Waals surface area contributed by atoms with Gasteiger partial charge >= 0.3 is 0 Å². The molecular weight excluding hydrogens is 326 g/mol. The minimum atomic E-state index is -0.256. The summed E-state index contributed by atoms with van der Waals surface area (Å²) in [7, 11) is 0. The smallest absolute Gasteiger partial charge is 0.245 e. The summed E-state index contributed by atoms with van der Waals surface area (Å²) in [6, 6.07) is 5.61. The Balaban J connectivity index is 1.61. The monoisotopic (exact) mass is 357 g/mol. The number of pyridine rings is 1. The quantitative estimate of drug-likeness (QED) is 0.786. The fraction of sp³-hybridized carbons (Fsp3) is 0.667. The summed E-state index contributed by atoms with van der Waals surface area (Å²) in [6.45, 7) is 4.09. The van der Waals surface area contributed by atoms with E-state index in [0.717, 1.165) is 57.2 Å². The van der Waals surface area contributed by atoms with Crippen molar-refractivity contribution < 1.29 is 9.59 Å². The first kappa shape index (κ1) is 18.9. The van der Waals surface area contributed by atoms with Crippen LogP contribution in [0.2, 0.25) is 0 Å². The van der Waals surface area contributed by atoms with E-state index in [1.807, 2.05) is 34.9 Å². The summed E-state index contributed by atoms with van der Waals surface area (Å²) in [4.78, 5) is 34.2. The third kappa shape index (κ3) is 4.43. The maximum Gasteiger partial charge on any atom is 0.245 e. The van der Waals surface area contributed by atoms with Gasteiger partial charge in [0.25, 0.3) is 0 Å². The molecule has 2 heterocycles. The molecular formula is C21H31N3O2. The Morgan fingerprint density at radius 3 is 2.65 bits per heavy atom. The zero-order chi connectivity index (χ0) is 18.4. The van der Waals surface area contributed by atoms with E-state index < -0.39 is 0 Å². The summed E-state index contributed by atoms with van der Waals surface area (Å²) in [5, 5.41) is 0. The van der Waals surface area contributed by atoms with Crippen molar-refractivity contribution >= 4 is 11.8 Å². The number of likely N-dealkylation sites (N-methyl/N-ethyl adjacent to an activating group) is 1. The third-order valence-electron chi connectivity index (χ3n) is 5.83. The SMILES string of the molecule is CCN(CCc1ccccn1)C(=O)[C@@H]1CCCN1C(=O)C1CCCCC1. The number of aromatic nitrogens is 1. The lowest BCUT2D eigenvalue weighted by Crippen LogP contribution is -2.50. The summed E-state index contributed by atoms with van der Waals surface area (Å²) >= 11 is 0. The summed E-state index contributed by atoms with van der Waals surface area (Å²) in [5.41, 5.74) is 1.00. The molecule has 0 radical (unpaired) electrons. The number of rotatable bonds is 6. The molecule has 1 atom stereocenters. The van der Waals surface area contributed by atoms with Crippen LogP contribution in [0, 0.1) is 5.92 Å². The average Bonchev–Trinajstić information content (AvgIpc) is 3.19. The third-order valence-corrected chi connectivity index (χ3v) is 5.83. The van der Waals surface area contributed by atoms with Crippen molar-refractivity contribution in [1.29, 1.82) is 0 Å². The van der Waals surface area contributed by atoms with E-state index in [1.165, 1.54) is 6.42 Å². The first-order valence-corrected chi connectivity index (χ1v) is 10.2. The molecule has 5 heteroatoms. The van der Waals surface area contributed by atoms with Gasteiger partial charge in [0.2, 0.25) is 11.8 Å². The highest BCUT2D eigenvalue weighted by atomic mass is 16.2. The molecule has 142 valence electrons. The zero-order valence-corrected chi connectivity index (χ0v) is 15.9. The van der Waals surface area contributed by atoms with Gasteiger partial charge in [-0.15, -0.1) is 0 Å². The Bertz CT molecular complexity index is 599. The van der Waals surface area contributed by atoms with Gasteiger partial charge < -0.3 is 9.80 Å². The second-order valence-electron chi connectivity index (χ2n) is 7.51. The Kier molecular flexibility index (Phi) is 6.64. The number of likely N-dealkylation sites (tertiary alicyclic amines) is 1. The van der Waals surface area contributed by atoms with Crippen molar-refractivity contribution in [3.05, 3.63) is 30.1 Å². The number of nitrogens with zero attached hydrogens (tertiary/aromatic N) is 3. The largest absolute Gasteiger partial charge is 0.341 e. The molecule has 0 unspecified atom stereocenters. The van der Waals surface area contributed by atoms with Crippen LogP contribution in [-0.4, -0.2) is 52.3 Å². The number of hydrogen-bond acceptors (Lipinski definition) is 3. The fourth-order valence-corrected chi connectivity index (χ4v) is 4.30. The molecule has 2 amide bonds. The minimum absolute atomic E-state index is 0.116. The summed E-state index contributed by atoms with van der Waals surface area (Å²) in [5.74, 6) is 0.479. The first-order valence-electron chi connectivity index (χ1n) is 10.2. The molecule has 0 spiro atoms. The molecule has 1 aromatic rings. The molecule has 3 rings (SSSR count). The van der Waals surface area contributed by atoms with E-state index in [1.54, 1.807) is 6.20 Å².